The molecule has 0 fully saturated rings. The molecule has 0 aliphatic rings. The Bertz CT molecular complexity index is 581. The van der Waals surface area contributed by atoms with Crippen LogP contribution in [0.15, 0.2) is 42.6 Å². The predicted molar refractivity (Wildman–Crippen MR) is 81.4 cm³/mol. The molecule has 1 aromatic heterocycles. The molecular weight excluding hydrogens is 254 g/mol. The number of benzene rings is 1. The maximum absolute atomic E-state index is 7.51. The first-order chi connectivity index (χ1) is 9.16. The molecule has 3 nitrogen and oxygen atoms in total. The molecule has 4 heteroatoms. The van der Waals surface area contributed by atoms with E-state index in [1.54, 1.807) is 6.20 Å². The summed E-state index contributed by atoms with van der Waals surface area (Å²) in [6.45, 7) is 2.10. The number of amidine groups is 1. The number of pyridine rings is 1. The van der Waals surface area contributed by atoms with Crippen molar-refractivity contribution in [2.45, 2.75) is 18.4 Å². The van der Waals surface area contributed by atoms with Crippen LogP contribution >= 0.6 is 11.8 Å². The molecule has 0 saturated heterocycles. The minimum absolute atomic E-state index is 0.0340. The van der Waals surface area contributed by atoms with Gasteiger partial charge in [0.25, 0.3) is 0 Å². The monoisotopic (exact) mass is 271 g/mol. The predicted octanol–water partition coefficient (Wildman–Crippen LogP) is 3.11. The van der Waals surface area contributed by atoms with E-state index in [0.29, 0.717) is 5.69 Å². The Morgan fingerprint density at radius 2 is 2.11 bits per heavy atom. The lowest BCUT2D eigenvalue weighted by atomic mass is 10.2. The van der Waals surface area contributed by atoms with Crippen LogP contribution in [0.5, 0.6) is 0 Å². The SMILES string of the molecule is Cc1cccc(CSCc2cccnc2C(=N)N)c1. The van der Waals surface area contributed by atoms with Gasteiger partial charge in [0.1, 0.15) is 11.5 Å². The second kappa shape index (κ2) is 6.38. The summed E-state index contributed by atoms with van der Waals surface area (Å²) in [5.41, 5.74) is 9.75. The Balaban J connectivity index is 1.98. The number of nitrogens with one attached hydrogen (secondary N) is 1. The van der Waals surface area contributed by atoms with Crippen LogP contribution in [0.2, 0.25) is 0 Å². The molecule has 0 radical (unpaired) electrons. The van der Waals surface area contributed by atoms with E-state index >= 15 is 0 Å². The molecule has 19 heavy (non-hydrogen) atoms. The average Bonchev–Trinajstić information content (AvgIpc) is 2.39. The van der Waals surface area contributed by atoms with Crippen molar-refractivity contribution >= 4 is 17.6 Å². The van der Waals surface area contributed by atoms with Gasteiger partial charge in [-0.3, -0.25) is 10.4 Å². The molecule has 0 aliphatic carbocycles. The van der Waals surface area contributed by atoms with Gasteiger partial charge in [0.2, 0.25) is 0 Å². The van der Waals surface area contributed by atoms with E-state index in [-0.39, 0.29) is 5.84 Å². The molecule has 0 aliphatic heterocycles. The van der Waals surface area contributed by atoms with Gasteiger partial charge in [-0.05, 0) is 24.1 Å². The Hall–Kier alpha value is -1.81. The first-order valence-corrected chi connectivity index (χ1v) is 7.24. The summed E-state index contributed by atoms with van der Waals surface area (Å²) < 4.78 is 0. The third-order valence-corrected chi connectivity index (χ3v) is 3.81. The lowest BCUT2D eigenvalue weighted by Crippen LogP contribution is -2.15. The van der Waals surface area contributed by atoms with E-state index < -0.39 is 0 Å². The van der Waals surface area contributed by atoms with Crippen molar-refractivity contribution < 1.29 is 0 Å². The molecule has 0 unspecified atom stereocenters. The summed E-state index contributed by atoms with van der Waals surface area (Å²) in [7, 11) is 0. The standard InChI is InChI=1S/C15H17N3S/c1-11-4-2-5-12(8-11)9-19-10-13-6-3-7-18-14(13)15(16)17/h2-8H,9-10H2,1H3,(H3,16,17). The van der Waals surface area contributed by atoms with Crippen molar-refractivity contribution in [1.82, 2.24) is 4.98 Å². The molecule has 0 spiro atoms. The summed E-state index contributed by atoms with van der Waals surface area (Å²) in [5, 5.41) is 7.51. The normalized spacial score (nSPS) is 10.4. The van der Waals surface area contributed by atoms with Gasteiger partial charge in [-0.1, -0.05) is 35.9 Å². The highest BCUT2D eigenvalue weighted by atomic mass is 32.2. The number of nitrogens with two attached hydrogens (primary N) is 1. The topological polar surface area (TPSA) is 62.8 Å². The highest BCUT2D eigenvalue weighted by molar-refractivity contribution is 7.97. The number of aromatic nitrogens is 1. The van der Waals surface area contributed by atoms with Crippen molar-refractivity contribution in [3.05, 3.63) is 65.0 Å². The Morgan fingerprint density at radius 1 is 1.26 bits per heavy atom. The van der Waals surface area contributed by atoms with Crippen LogP contribution in [-0.4, -0.2) is 10.8 Å². The smallest absolute Gasteiger partial charge is 0.142 e. The second-order valence-electron chi connectivity index (χ2n) is 4.41. The second-order valence-corrected chi connectivity index (χ2v) is 5.39. The largest absolute Gasteiger partial charge is 0.382 e. The van der Waals surface area contributed by atoms with Gasteiger partial charge in [0.15, 0.2) is 0 Å². The number of nitrogens with zero attached hydrogens (tertiary/aromatic N) is 1. The molecule has 0 saturated carbocycles. The van der Waals surface area contributed by atoms with Crippen LogP contribution in [0.3, 0.4) is 0 Å². The zero-order valence-corrected chi connectivity index (χ0v) is 11.7. The summed E-state index contributed by atoms with van der Waals surface area (Å²) in [6, 6.07) is 12.4. The number of aryl methyl sites for hydroxylation is 1. The highest BCUT2D eigenvalue weighted by Gasteiger charge is 2.06. The number of hydrogen-bond donors (Lipinski definition) is 2. The summed E-state index contributed by atoms with van der Waals surface area (Å²) >= 11 is 1.81. The van der Waals surface area contributed by atoms with Crippen LogP contribution in [0.1, 0.15) is 22.4 Å². The maximum atomic E-state index is 7.51. The molecule has 0 atom stereocenters. The molecule has 0 amide bonds. The quantitative estimate of drug-likeness (QED) is 0.649. The van der Waals surface area contributed by atoms with E-state index in [1.165, 1.54) is 11.1 Å². The summed E-state index contributed by atoms with van der Waals surface area (Å²) in [5.74, 6) is 1.80. The van der Waals surface area contributed by atoms with Crippen LogP contribution in [0.4, 0.5) is 0 Å². The lowest BCUT2D eigenvalue weighted by molar-refractivity contribution is 1.19. The van der Waals surface area contributed by atoms with Gasteiger partial charge >= 0.3 is 0 Å². The Kier molecular flexibility index (Phi) is 4.58. The van der Waals surface area contributed by atoms with E-state index in [9.17, 15) is 0 Å². The molecule has 0 bridgehead atoms. The third-order valence-electron chi connectivity index (χ3n) is 2.76. The maximum Gasteiger partial charge on any atom is 0.142 e. The summed E-state index contributed by atoms with van der Waals surface area (Å²) in [4.78, 5) is 4.16. The molecule has 98 valence electrons. The van der Waals surface area contributed by atoms with Crippen LogP contribution in [0, 0.1) is 12.3 Å². The minimum Gasteiger partial charge on any atom is -0.382 e. The van der Waals surface area contributed by atoms with Gasteiger partial charge in [-0.15, -0.1) is 0 Å². The van der Waals surface area contributed by atoms with Gasteiger partial charge in [0, 0.05) is 17.7 Å². The number of hydrogen-bond acceptors (Lipinski definition) is 3. The van der Waals surface area contributed by atoms with Crippen molar-refractivity contribution in [2.75, 3.05) is 0 Å². The molecule has 2 rings (SSSR count). The van der Waals surface area contributed by atoms with Crippen molar-refractivity contribution in [2.24, 2.45) is 5.73 Å². The molecular formula is C15H17N3S. The van der Waals surface area contributed by atoms with Crippen LogP contribution in [0.25, 0.3) is 0 Å². The van der Waals surface area contributed by atoms with Gasteiger partial charge in [-0.25, -0.2) is 0 Å². The van der Waals surface area contributed by atoms with Crippen molar-refractivity contribution in [3.63, 3.8) is 0 Å². The van der Waals surface area contributed by atoms with Crippen molar-refractivity contribution in [1.29, 1.82) is 5.41 Å². The van der Waals surface area contributed by atoms with Gasteiger partial charge < -0.3 is 5.73 Å². The number of rotatable bonds is 5. The Morgan fingerprint density at radius 3 is 2.84 bits per heavy atom. The zero-order valence-electron chi connectivity index (χ0n) is 10.9. The van der Waals surface area contributed by atoms with Crippen LogP contribution < -0.4 is 5.73 Å². The van der Waals surface area contributed by atoms with E-state index in [4.69, 9.17) is 11.1 Å². The van der Waals surface area contributed by atoms with E-state index in [2.05, 4.69) is 36.2 Å². The van der Waals surface area contributed by atoms with E-state index in [0.717, 1.165) is 17.1 Å². The lowest BCUT2D eigenvalue weighted by Gasteiger charge is -2.07. The first-order valence-electron chi connectivity index (χ1n) is 6.08. The fourth-order valence-corrected chi connectivity index (χ4v) is 2.85. The molecule has 1 aromatic carbocycles. The summed E-state index contributed by atoms with van der Waals surface area (Å²) in [6.07, 6.45) is 1.67. The molecule has 2 aromatic rings. The van der Waals surface area contributed by atoms with E-state index in [1.807, 2.05) is 23.9 Å². The number of nitrogen functional groups attached to an aromatic ring is 1. The van der Waals surface area contributed by atoms with Gasteiger partial charge in [0.05, 0.1) is 0 Å². The third kappa shape index (κ3) is 3.83. The highest BCUT2D eigenvalue weighted by Crippen LogP contribution is 2.19. The minimum atomic E-state index is 0.0340. The molecule has 1 heterocycles. The van der Waals surface area contributed by atoms with Crippen molar-refractivity contribution in [3.8, 4) is 0 Å². The fraction of sp³-hybridized carbons (Fsp3) is 0.200. The molecule has 3 N–H and O–H groups in total. The average molecular weight is 271 g/mol. The Labute approximate surface area is 117 Å². The first kappa shape index (κ1) is 13.6. The fourth-order valence-electron chi connectivity index (χ4n) is 1.88. The zero-order chi connectivity index (χ0) is 13.7. The number of thioether (sulfide) groups is 1. The van der Waals surface area contributed by atoms with Gasteiger partial charge in [-0.2, -0.15) is 11.8 Å². The van der Waals surface area contributed by atoms with Crippen LogP contribution in [-0.2, 0) is 11.5 Å².